The maximum atomic E-state index is 12.8. The van der Waals surface area contributed by atoms with Gasteiger partial charge in [-0.2, -0.15) is 0 Å². The van der Waals surface area contributed by atoms with Gasteiger partial charge in [0, 0.05) is 7.05 Å². The molecular weight excluding hydrogens is 334 g/mol. The van der Waals surface area contributed by atoms with Gasteiger partial charge in [0.1, 0.15) is 0 Å². The monoisotopic (exact) mass is 357 g/mol. The molecule has 0 aliphatic heterocycles. The van der Waals surface area contributed by atoms with E-state index in [1.165, 1.54) is 11.1 Å². The summed E-state index contributed by atoms with van der Waals surface area (Å²) in [7, 11) is 3.89. The first-order valence-corrected chi connectivity index (χ1v) is 9.11. The zero-order valence-electron chi connectivity index (χ0n) is 15.6. The molecule has 4 nitrogen and oxygen atoms in total. The van der Waals surface area contributed by atoms with Crippen LogP contribution in [-0.4, -0.2) is 21.1 Å². The normalized spacial score (nSPS) is 11.6. The second-order valence-corrected chi connectivity index (χ2v) is 6.88. The van der Waals surface area contributed by atoms with Gasteiger partial charge in [-0.05, 0) is 30.3 Å². The Morgan fingerprint density at radius 3 is 1.81 bits per heavy atom. The van der Waals surface area contributed by atoms with E-state index in [9.17, 15) is 4.79 Å². The van der Waals surface area contributed by atoms with Gasteiger partial charge >= 0.3 is 5.69 Å². The number of aryl methyl sites for hydroxylation is 1. The molecule has 0 aliphatic carbocycles. The number of aromatic nitrogens is 2. The Balaban J connectivity index is 1.77. The van der Waals surface area contributed by atoms with Crippen molar-refractivity contribution >= 4 is 11.0 Å². The predicted molar refractivity (Wildman–Crippen MR) is 110 cm³/mol. The van der Waals surface area contributed by atoms with Crippen molar-refractivity contribution < 1.29 is 0 Å². The fraction of sp³-hybridized carbons (Fsp3) is 0.174. The smallest absolute Gasteiger partial charge is 0.295 e. The molecule has 3 aromatic carbocycles. The predicted octanol–water partition coefficient (Wildman–Crippen LogP) is 4.02. The van der Waals surface area contributed by atoms with Crippen molar-refractivity contribution in [3.05, 3.63) is 107 Å². The Bertz CT molecular complexity index is 1060. The van der Waals surface area contributed by atoms with Gasteiger partial charge in [-0.15, -0.1) is 0 Å². The lowest BCUT2D eigenvalue weighted by Gasteiger charge is -2.29. The van der Waals surface area contributed by atoms with Gasteiger partial charge in [0.15, 0.2) is 0 Å². The zero-order valence-corrected chi connectivity index (χ0v) is 15.6. The third kappa shape index (κ3) is 3.20. The third-order valence-corrected chi connectivity index (χ3v) is 5.09. The molecule has 4 rings (SSSR count). The quantitative estimate of drug-likeness (QED) is 0.540. The van der Waals surface area contributed by atoms with Crippen LogP contribution in [0.5, 0.6) is 0 Å². The highest BCUT2D eigenvalue weighted by atomic mass is 16.1. The molecule has 0 atom stereocenters. The Morgan fingerprint density at radius 1 is 0.778 bits per heavy atom. The molecule has 0 bridgehead atoms. The van der Waals surface area contributed by atoms with Crippen LogP contribution in [0.2, 0.25) is 0 Å². The van der Waals surface area contributed by atoms with Crippen molar-refractivity contribution in [2.24, 2.45) is 7.05 Å². The molecule has 136 valence electrons. The Kier molecular flexibility index (Phi) is 4.65. The van der Waals surface area contributed by atoms with Crippen LogP contribution >= 0.6 is 0 Å². The summed E-state index contributed by atoms with van der Waals surface area (Å²) in [6, 6.07) is 28.8. The van der Waals surface area contributed by atoms with Gasteiger partial charge in [-0.1, -0.05) is 72.8 Å². The van der Waals surface area contributed by atoms with Crippen LogP contribution < -0.4 is 5.69 Å². The summed E-state index contributed by atoms with van der Waals surface area (Å²) >= 11 is 0. The SMILES string of the molecule is CN(Cn1c(=O)n(C)c2ccccc21)C(c1ccccc1)c1ccccc1. The lowest BCUT2D eigenvalue weighted by atomic mass is 9.98. The molecule has 0 amide bonds. The van der Waals surface area contributed by atoms with Crippen LogP contribution in [0.15, 0.2) is 89.7 Å². The van der Waals surface area contributed by atoms with Crippen LogP contribution in [0.1, 0.15) is 17.2 Å². The van der Waals surface area contributed by atoms with E-state index in [-0.39, 0.29) is 11.7 Å². The van der Waals surface area contributed by atoms with Crippen LogP contribution in [0.3, 0.4) is 0 Å². The number of nitrogens with zero attached hydrogens (tertiary/aromatic N) is 3. The summed E-state index contributed by atoms with van der Waals surface area (Å²) in [6.07, 6.45) is 0. The van der Waals surface area contributed by atoms with Gasteiger partial charge in [-0.25, -0.2) is 4.79 Å². The summed E-state index contributed by atoms with van der Waals surface area (Å²) in [6.45, 7) is 0.509. The highest BCUT2D eigenvalue weighted by Gasteiger charge is 2.21. The summed E-state index contributed by atoms with van der Waals surface area (Å²) < 4.78 is 3.55. The average Bonchev–Trinajstić information content (AvgIpc) is 2.95. The van der Waals surface area contributed by atoms with E-state index in [1.807, 2.05) is 48.0 Å². The van der Waals surface area contributed by atoms with Crippen LogP contribution in [0.25, 0.3) is 11.0 Å². The number of imidazole rings is 1. The molecule has 0 saturated heterocycles. The molecule has 1 heterocycles. The summed E-state index contributed by atoms with van der Waals surface area (Å²) in [5.74, 6) is 0. The van der Waals surface area contributed by atoms with Crippen molar-refractivity contribution in [3.8, 4) is 0 Å². The molecule has 0 saturated carbocycles. The standard InChI is InChI=1S/C23H23N3O/c1-24(17-26-21-16-10-9-15-20(21)25(2)23(26)27)22(18-11-5-3-6-12-18)19-13-7-4-8-14-19/h3-16,22H,17H2,1-2H3. The fourth-order valence-electron chi connectivity index (χ4n) is 3.78. The maximum absolute atomic E-state index is 12.8. The highest BCUT2D eigenvalue weighted by Crippen LogP contribution is 2.28. The molecule has 0 aliphatic rings. The molecule has 1 aromatic heterocycles. The number of benzene rings is 3. The number of fused-ring (bicyclic) bond motifs is 1. The van der Waals surface area contributed by atoms with E-state index in [1.54, 1.807) is 4.57 Å². The topological polar surface area (TPSA) is 30.2 Å². The molecule has 0 fully saturated rings. The molecule has 0 N–H and O–H groups in total. The van der Waals surface area contributed by atoms with Crippen molar-refractivity contribution in [1.29, 1.82) is 0 Å². The van der Waals surface area contributed by atoms with Crippen LogP contribution in [0.4, 0.5) is 0 Å². The first kappa shape index (κ1) is 17.3. The van der Waals surface area contributed by atoms with E-state index >= 15 is 0 Å². The Morgan fingerprint density at radius 2 is 1.26 bits per heavy atom. The molecule has 0 spiro atoms. The minimum Gasteiger partial charge on any atom is -0.295 e. The van der Waals surface area contributed by atoms with Crippen LogP contribution in [0, 0.1) is 0 Å². The summed E-state index contributed by atoms with van der Waals surface area (Å²) in [5.41, 5.74) is 4.32. The van der Waals surface area contributed by atoms with E-state index in [0.29, 0.717) is 6.67 Å². The largest absolute Gasteiger partial charge is 0.329 e. The lowest BCUT2D eigenvalue weighted by Crippen LogP contribution is -2.33. The number of hydrogen-bond donors (Lipinski definition) is 0. The van der Waals surface area contributed by atoms with Crippen molar-refractivity contribution in [2.45, 2.75) is 12.7 Å². The number of para-hydroxylation sites is 2. The van der Waals surface area contributed by atoms with E-state index in [2.05, 4.69) is 60.5 Å². The van der Waals surface area contributed by atoms with E-state index in [4.69, 9.17) is 0 Å². The second kappa shape index (κ2) is 7.25. The maximum Gasteiger partial charge on any atom is 0.329 e. The second-order valence-electron chi connectivity index (χ2n) is 6.88. The number of rotatable bonds is 5. The van der Waals surface area contributed by atoms with Crippen molar-refractivity contribution in [1.82, 2.24) is 14.0 Å². The number of hydrogen-bond acceptors (Lipinski definition) is 2. The van der Waals surface area contributed by atoms with Gasteiger partial charge in [0.05, 0.1) is 23.7 Å². The van der Waals surface area contributed by atoms with E-state index < -0.39 is 0 Å². The lowest BCUT2D eigenvalue weighted by molar-refractivity contribution is 0.221. The van der Waals surface area contributed by atoms with E-state index in [0.717, 1.165) is 11.0 Å². The van der Waals surface area contributed by atoms with Gasteiger partial charge in [0.2, 0.25) is 0 Å². The van der Waals surface area contributed by atoms with Gasteiger partial charge < -0.3 is 0 Å². The average molecular weight is 357 g/mol. The third-order valence-electron chi connectivity index (χ3n) is 5.09. The molecule has 0 radical (unpaired) electrons. The van der Waals surface area contributed by atoms with Crippen LogP contribution in [-0.2, 0) is 13.7 Å². The Labute approximate surface area is 158 Å². The van der Waals surface area contributed by atoms with Gasteiger partial charge in [-0.3, -0.25) is 14.0 Å². The molecular formula is C23H23N3O. The minimum absolute atomic E-state index is 0.00271. The molecule has 4 heteroatoms. The molecule has 27 heavy (non-hydrogen) atoms. The molecule has 4 aromatic rings. The highest BCUT2D eigenvalue weighted by molar-refractivity contribution is 5.75. The van der Waals surface area contributed by atoms with Gasteiger partial charge in [0.25, 0.3) is 0 Å². The minimum atomic E-state index is 0.00271. The van der Waals surface area contributed by atoms with Crippen molar-refractivity contribution in [3.63, 3.8) is 0 Å². The van der Waals surface area contributed by atoms with Crippen molar-refractivity contribution in [2.75, 3.05) is 7.05 Å². The first-order chi connectivity index (χ1) is 13.2. The fourth-order valence-corrected chi connectivity index (χ4v) is 3.78. The molecule has 0 unspecified atom stereocenters. The summed E-state index contributed by atoms with van der Waals surface area (Å²) in [5, 5.41) is 0. The Hall–Kier alpha value is -3.11. The zero-order chi connectivity index (χ0) is 18.8. The first-order valence-electron chi connectivity index (χ1n) is 9.11. The summed E-state index contributed by atoms with van der Waals surface area (Å²) in [4.78, 5) is 15.0.